The molecular weight excluding hydrogens is 400 g/mol. The zero-order chi connectivity index (χ0) is 20.7. The number of rotatable bonds is 8. The number of benzene rings is 1. The summed E-state index contributed by atoms with van der Waals surface area (Å²) in [6.07, 6.45) is 0. The molecule has 1 aromatic carbocycles. The van der Waals surface area contributed by atoms with Crippen molar-refractivity contribution in [3.63, 3.8) is 0 Å². The van der Waals surface area contributed by atoms with Gasteiger partial charge >= 0.3 is 5.97 Å². The van der Waals surface area contributed by atoms with Crippen LogP contribution in [0.15, 0.2) is 41.8 Å². The van der Waals surface area contributed by atoms with E-state index in [1.54, 1.807) is 49.6 Å². The Morgan fingerprint density at radius 3 is 2.46 bits per heavy atom. The van der Waals surface area contributed by atoms with E-state index in [4.69, 9.17) is 16.3 Å². The Hall–Kier alpha value is -2.38. The number of ether oxygens (including phenoxy) is 1. The first-order valence-corrected chi connectivity index (χ1v) is 10.1. The zero-order valence-corrected chi connectivity index (χ0v) is 17.5. The average molecular weight is 423 g/mol. The van der Waals surface area contributed by atoms with Crippen molar-refractivity contribution in [2.24, 2.45) is 5.92 Å². The summed E-state index contributed by atoms with van der Waals surface area (Å²) in [7, 11) is 0. The van der Waals surface area contributed by atoms with Crippen LogP contribution in [-0.2, 0) is 14.3 Å². The predicted octanol–water partition coefficient (Wildman–Crippen LogP) is 3.58. The van der Waals surface area contributed by atoms with Gasteiger partial charge in [-0.25, -0.2) is 4.79 Å². The van der Waals surface area contributed by atoms with Crippen molar-refractivity contribution in [2.45, 2.75) is 32.9 Å². The van der Waals surface area contributed by atoms with Crippen LogP contribution in [0.1, 0.15) is 42.0 Å². The van der Waals surface area contributed by atoms with Crippen LogP contribution in [0.2, 0.25) is 5.02 Å². The minimum Gasteiger partial charge on any atom is -0.454 e. The lowest BCUT2D eigenvalue weighted by Gasteiger charge is -2.21. The first-order chi connectivity index (χ1) is 13.3. The van der Waals surface area contributed by atoms with E-state index >= 15 is 0 Å². The molecule has 0 fully saturated rings. The highest BCUT2D eigenvalue weighted by atomic mass is 35.5. The number of thiophene rings is 1. The SMILES string of the molecule is CC(C)[C@@H](NC(=O)c1cccs1)C(=O)OCC(=O)N[C@H](C)c1cccc(Cl)c1. The highest BCUT2D eigenvalue weighted by molar-refractivity contribution is 7.12. The molecule has 0 aliphatic rings. The van der Waals surface area contributed by atoms with Gasteiger partial charge in [0.05, 0.1) is 10.9 Å². The van der Waals surface area contributed by atoms with Gasteiger partial charge in [-0.1, -0.05) is 43.6 Å². The summed E-state index contributed by atoms with van der Waals surface area (Å²) in [6.45, 7) is 4.97. The van der Waals surface area contributed by atoms with Crippen LogP contribution >= 0.6 is 22.9 Å². The lowest BCUT2D eigenvalue weighted by molar-refractivity contribution is -0.151. The second-order valence-electron chi connectivity index (χ2n) is 6.62. The fraction of sp³-hybridized carbons (Fsp3) is 0.350. The summed E-state index contributed by atoms with van der Waals surface area (Å²) in [5, 5.41) is 7.77. The van der Waals surface area contributed by atoms with Gasteiger partial charge in [-0.3, -0.25) is 9.59 Å². The van der Waals surface area contributed by atoms with Crippen molar-refractivity contribution in [1.82, 2.24) is 10.6 Å². The van der Waals surface area contributed by atoms with Gasteiger partial charge in [0.25, 0.3) is 11.8 Å². The van der Waals surface area contributed by atoms with E-state index in [1.807, 2.05) is 13.0 Å². The molecule has 2 atom stereocenters. The van der Waals surface area contributed by atoms with Crippen molar-refractivity contribution in [2.75, 3.05) is 6.61 Å². The maximum Gasteiger partial charge on any atom is 0.329 e. The van der Waals surface area contributed by atoms with Gasteiger partial charge in [0.15, 0.2) is 6.61 Å². The Morgan fingerprint density at radius 2 is 1.86 bits per heavy atom. The lowest BCUT2D eigenvalue weighted by atomic mass is 10.0. The van der Waals surface area contributed by atoms with E-state index in [-0.39, 0.29) is 17.9 Å². The third-order valence-corrected chi connectivity index (χ3v) is 5.13. The molecule has 6 nitrogen and oxygen atoms in total. The molecule has 0 aliphatic carbocycles. The number of nitrogens with one attached hydrogen (secondary N) is 2. The van der Waals surface area contributed by atoms with Crippen LogP contribution < -0.4 is 10.6 Å². The molecule has 0 saturated carbocycles. The Balaban J connectivity index is 1.87. The predicted molar refractivity (Wildman–Crippen MR) is 109 cm³/mol. The van der Waals surface area contributed by atoms with Crippen molar-refractivity contribution in [1.29, 1.82) is 0 Å². The van der Waals surface area contributed by atoms with Crippen LogP contribution in [-0.4, -0.2) is 30.4 Å². The van der Waals surface area contributed by atoms with Crippen LogP contribution in [0.4, 0.5) is 0 Å². The normalized spacial score (nSPS) is 12.9. The molecule has 0 unspecified atom stereocenters. The van der Waals surface area contributed by atoms with Gasteiger partial charge in [-0.2, -0.15) is 0 Å². The van der Waals surface area contributed by atoms with E-state index in [9.17, 15) is 14.4 Å². The number of carbonyl (C=O) groups excluding carboxylic acids is 3. The Labute approximate surface area is 173 Å². The van der Waals surface area contributed by atoms with Crippen molar-refractivity contribution in [3.8, 4) is 0 Å². The molecule has 0 spiro atoms. The largest absolute Gasteiger partial charge is 0.454 e. The topological polar surface area (TPSA) is 84.5 Å². The average Bonchev–Trinajstić information content (AvgIpc) is 3.18. The molecule has 0 radical (unpaired) electrons. The fourth-order valence-corrected chi connectivity index (χ4v) is 3.31. The van der Waals surface area contributed by atoms with E-state index in [2.05, 4.69) is 10.6 Å². The Morgan fingerprint density at radius 1 is 1.11 bits per heavy atom. The molecule has 28 heavy (non-hydrogen) atoms. The maximum absolute atomic E-state index is 12.4. The van der Waals surface area contributed by atoms with Crippen molar-refractivity contribution in [3.05, 3.63) is 57.2 Å². The van der Waals surface area contributed by atoms with E-state index < -0.39 is 24.5 Å². The summed E-state index contributed by atoms with van der Waals surface area (Å²) in [5.41, 5.74) is 0.843. The number of hydrogen-bond donors (Lipinski definition) is 2. The third-order valence-electron chi connectivity index (χ3n) is 4.02. The number of amides is 2. The number of halogens is 1. The van der Waals surface area contributed by atoms with Crippen LogP contribution in [0.25, 0.3) is 0 Å². The number of carbonyl (C=O) groups is 3. The zero-order valence-electron chi connectivity index (χ0n) is 15.9. The lowest BCUT2D eigenvalue weighted by Crippen LogP contribution is -2.46. The first kappa shape index (κ1) is 21.9. The van der Waals surface area contributed by atoms with E-state index in [0.29, 0.717) is 9.90 Å². The maximum atomic E-state index is 12.4. The highest BCUT2D eigenvalue weighted by Crippen LogP contribution is 2.17. The molecule has 2 aromatic rings. The van der Waals surface area contributed by atoms with Gasteiger partial charge in [0.1, 0.15) is 6.04 Å². The smallest absolute Gasteiger partial charge is 0.329 e. The van der Waals surface area contributed by atoms with Crippen LogP contribution in [0.3, 0.4) is 0 Å². The molecule has 2 amide bonds. The van der Waals surface area contributed by atoms with Crippen molar-refractivity contribution >= 4 is 40.7 Å². The summed E-state index contributed by atoms with van der Waals surface area (Å²) in [5.74, 6) is -1.62. The molecule has 1 heterocycles. The molecule has 2 N–H and O–H groups in total. The summed E-state index contributed by atoms with van der Waals surface area (Å²) < 4.78 is 5.12. The van der Waals surface area contributed by atoms with Gasteiger partial charge in [-0.15, -0.1) is 11.3 Å². The van der Waals surface area contributed by atoms with E-state index in [0.717, 1.165) is 5.56 Å². The van der Waals surface area contributed by atoms with Gasteiger partial charge < -0.3 is 15.4 Å². The van der Waals surface area contributed by atoms with Crippen molar-refractivity contribution < 1.29 is 19.1 Å². The molecule has 0 bridgehead atoms. The third kappa shape index (κ3) is 6.35. The standard InChI is InChI=1S/C20H23ClN2O4S/c1-12(2)18(23-19(25)16-8-5-9-28-16)20(26)27-11-17(24)22-13(3)14-6-4-7-15(21)10-14/h4-10,12-13,18H,11H2,1-3H3,(H,22,24)(H,23,25)/t13-,18-/m1/s1. The monoisotopic (exact) mass is 422 g/mol. The molecule has 1 aromatic heterocycles. The Kier molecular flexibility index (Phi) is 8.02. The minimum absolute atomic E-state index is 0.190. The van der Waals surface area contributed by atoms with Gasteiger partial charge in [0, 0.05) is 5.02 Å². The number of esters is 1. The summed E-state index contributed by atoms with van der Waals surface area (Å²) >= 11 is 7.24. The first-order valence-electron chi connectivity index (χ1n) is 8.83. The number of hydrogen-bond acceptors (Lipinski definition) is 5. The van der Waals surface area contributed by atoms with Crippen LogP contribution in [0, 0.1) is 5.92 Å². The highest BCUT2D eigenvalue weighted by Gasteiger charge is 2.27. The molecule has 150 valence electrons. The molecule has 0 aliphatic heterocycles. The molecule has 8 heteroatoms. The quantitative estimate of drug-likeness (QED) is 0.637. The van der Waals surface area contributed by atoms with Gasteiger partial charge in [0.2, 0.25) is 0 Å². The molecular formula is C20H23ClN2O4S. The second kappa shape index (κ2) is 10.2. The summed E-state index contributed by atoms with van der Waals surface area (Å²) in [4.78, 5) is 37.2. The summed E-state index contributed by atoms with van der Waals surface area (Å²) in [6, 6.07) is 9.45. The van der Waals surface area contributed by atoms with Gasteiger partial charge in [-0.05, 0) is 42.0 Å². The van der Waals surface area contributed by atoms with Crippen LogP contribution in [0.5, 0.6) is 0 Å². The second-order valence-corrected chi connectivity index (χ2v) is 8.01. The molecule has 0 saturated heterocycles. The fourth-order valence-electron chi connectivity index (χ4n) is 2.49. The minimum atomic E-state index is -0.840. The Bertz CT molecular complexity index is 823. The van der Waals surface area contributed by atoms with E-state index in [1.165, 1.54) is 11.3 Å². The molecule has 2 rings (SSSR count).